The van der Waals surface area contributed by atoms with Gasteiger partial charge < -0.3 is 4.57 Å². The molecule has 9 aromatic carbocycles. The highest BCUT2D eigenvalue weighted by atomic mass is 15.2. The summed E-state index contributed by atoms with van der Waals surface area (Å²) in [5.41, 5.74) is 8.64. The summed E-state index contributed by atoms with van der Waals surface area (Å²) in [7, 11) is 0. The second-order valence-corrected chi connectivity index (χ2v) is 14.2. The van der Waals surface area contributed by atoms with Crippen LogP contribution in [0.3, 0.4) is 0 Å². The van der Waals surface area contributed by atoms with E-state index >= 15 is 0 Å². The summed E-state index contributed by atoms with van der Waals surface area (Å²) in [5, 5.41) is 13.2. The van der Waals surface area contributed by atoms with Crippen molar-refractivity contribution in [1.29, 1.82) is 0 Å². The van der Waals surface area contributed by atoms with E-state index in [1.165, 1.54) is 64.9 Å². The number of fused-ring (bicyclic) bond motifs is 11. The predicted molar refractivity (Wildman–Crippen MR) is 226 cm³/mol. The maximum atomic E-state index is 5.42. The number of para-hydroxylation sites is 4. The molecule has 0 radical (unpaired) electrons. The number of hydrogen-bond donors (Lipinski definition) is 0. The largest absolute Gasteiger partial charge is 0.309 e. The van der Waals surface area contributed by atoms with E-state index in [4.69, 9.17) is 9.97 Å². The van der Waals surface area contributed by atoms with E-state index in [1.54, 1.807) is 0 Å². The second-order valence-electron chi connectivity index (χ2n) is 14.2. The first-order valence-corrected chi connectivity index (χ1v) is 18.4. The van der Waals surface area contributed by atoms with Gasteiger partial charge in [0.15, 0.2) is 0 Å². The van der Waals surface area contributed by atoms with Gasteiger partial charge in [0, 0.05) is 38.2 Å². The summed E-state index contributed by atoms with van der Waals surface area (Å²) >= 11 is 0. The zero-order chi connectivity index (χ0) is 35.3. The number of benzene rings is 9. The van der Waals surface area contributed by atoms with Crippen LogP contribution < -0.4 is 0 Å². The van der Waals surface area contributed by atoms with Gasteiger partial charge in [-0.1, -0.05) is 127 Å². The Morgan fingerprint density at radius 3 is 1.69 bits per heavy atom. The van der Waals surface area contributed by atoms with Crippen LogP contribution in [0.5, 0.6) is 0 Å². The van der Waals surface area contributed by atoms with E-state index in [0.29, 0.717) is 5.95 Å². The lowest BCUT2D eigenvalue weighted by Gasteiger charge is -2.13. The molecule has 4 heteroatoms. The summed E-state index contributed by atoms with van der Waals surface area (Å²) in [6, 6.07) is 65.5. The third-order valence-corrected chi connectivity index (χ3v) is 11.3. The fourth-order valence-corrected chi connectivity index (χ4v) is 8.80. The van der Waals surface area contributed by atoms with E-state index in [0.717, 1.165) is 38.9 Å². The normalized spacial score (nSPS) is 12.1. The molecule has 250 valence electrons. The fourth-order valence-electron chi connectivity index (χ4n) is 8.80. The molecule has 12 rings (SSSR count). The summed E-state index contributed by atoms with van der Waals surface area (Å²) in [6.07, 6.45) is 0. The molecule has 0 atom stereocenters. The van der Waals surface area contributed by atoms with Gasteiger partial charge >= 0.3 is 0 Å². The molecule has 0 amide bonds. The van der Waals surface area contributed by atoms with Crippen LogP contribution in [0.4, 0.5) is 0 Å². The Bertz CT molecular complexity index is 3460. The minimum absolute atomic E-state index is 0.662. The Hall–Kier alpha value is -7.30. The molecule has 0 spiro atoms. The van der Waals surface area contributed by atoms with Crippen molar-refractivity contribution >= 4 is 86.8 Å². The summed E-state index contributed by atoms with van der Waals surface area (Å²) in [4.78, 5) is 10.7. The molecule has 0 unspecified atom stereocenters. The van der Waals surface area contributed by atoms with Crippen LogP contribution in [0.2, 0.25) is 0 Å². The first-order valence-electron chi connectivity index (χ1n) is 18.4. The fraction of sp³-hybridized carbons (Fsp3) is 0. The topological polar surface area (TPSA) is 35.6 Å². The lowest BCUT2D eigenvalue weighted by molar-refractivity contribution is 1.01. The van der Waals surface area contributed by atoms with Crippen LogP contribution in [0, 0.1) is 0 Å². The summed E-state index contributed by atoms with van der Waals surface area (Å²) in [5.74, 6) is 0.662. The first kappa shape index (κ1) is 29.3. The van der Waals surface area contributed by atoms with E-state index in [1.807, 2.05) is 0 Å². The Balaban J connectivity index is 1.08. The van der Waals surface area contributed by atoms with Gasteiger partial charge in [0.1, 0.15) is 0 Å². The van der Waals surface area contributed by atoms with Crippen molar-refractivity contribution in [2.45, 2.75) is 0 Å². The highest BCUT2D eigenvalue weighted by Gasteiger charge is 2.19. The van der Waals surface area contributed by atoms with Crippen LogP contribution >= 0.6 is 0 Å². The van der Waals surface area contributed by atoms with Crippen molar-refractivity contribution in [1.82, 2.24) is 19.1 Å². The molecular formula is C50H30N4. The van der Waals surface area contributed by atoms with E-state index < -0.39 is 0 Å². The number of aromatic nitrogens is 4. The van der Waals surface area contributed by atoms with Gasteiger partial charge in [0.2, 0.25) is 5.95 Å². The number of rotatable bonds is 3. The monoisotopic (exact) mass is 686 g/mol. The van der Waals surface area contributed by atoms with Crippen molar-refractivity contribution in [3.05, 3.63) is 182 Å². The molecular weight excluding hydrogens is 657 g/mol. The van der Waals surface area contributed by atoms with Crippen LogP contribution in [-0.2, 0) is 0 Å². The predicted octanol–water partition coefficient (Wildman–Crippen LogP) is 13.0. The molecule has 0 aliphatic heterocycles. The molecule has 0 saturated heterocycles. The molecule has 0 aliphatic carbocycles. The Labute approximate surface area is 309 Å². The van der Waals surface area contributed by atoms with Crippen molar-refractivity contribution in [2.75, 3.05) is 0 Å². The van der Waals surface area contributed by atoms with Crippen molar-refractivity contribution < 1.29 is 0 Å². The smallest absolute Gasteiger partial charge is 0.235 e. The lowest BCUT2D eigenvalue weighted by atomic mass is 9.98. The average Bonchev–Trinajstić information content (AvgIpc) is 3.74. The average molecular weight is 687 g/mol. The van der Waals surface area contributed by atoms with Crippen molar-refractivity contribution in [3.63, 3.8) is 0 Å². The maximum absolute atomic E-state index is 5.42. The van der Waals surface area contributed by atoms with Gasteiger partial charge in [-0.25, -0.2) is 9.97 Å². The van der Waals surface area contributed by atoms with E-state index in [2.05, 4.69) is 191 Å². The van der Waals surface area contributed by atoms with E-state index in [-0.39, 0.29) is 0 Å². The molecule has 0 N–H and O–H groups in total. The van der Waals surface area contributed by atoms with E-state index in [9.17, 15) is 0 Å². The number of hydrogen-bond acceptors (Lipinski definition) is 2. The van der Waals surface area contributed by atoms with Gasteiger partial charge in [0.05, 0.1) is 33.3 Å². The Morgan fingerprint density at radius 2 is 0.907 bits per heavy atom. The SMILES string of the molecule is c1ccc2c(c1)ccc1cc(-c3nc(-n4c5ccccc5c5cc6cc(-n7c8ccccc8c8ccccc87)ccc6cc54)nc4ccccc34)ccc12. The highest BCUT2D eigenvalue weighted by molar-refractivity contribution is 6.15. The van der Waals surface area contributed by atoms with Gasteiger partial charge in [-0.3, -0.25) is 4.57 Å². The zero-order valence-electron chi connectivity index (χ0n) is 29.1. The molecule has 3 heterocycles. The first-order chi connectivity index (χ1) is 26.8. The maximum Gasteiger partial charge on any atom is 0.235 e. The van der Waals surface area contributed by atoms with Crippen LogP contribution in [0.1, 0.15) is 0 Å². The molecule has 4 nitrogen and oxygen atoms in total. The minimum atomic E-state index is 0.662. The molecule has 54 heavy (non-hydrogen) atoms. The van der Waals surface area contributed by atoms with Gasteiger partial charge in [0.25, 0.3) is 0 Å². The summed E-state index contributed by atoms with van der Waals surface area (Å²) < 4.78 is 4.63. The molecule has 0 aliphatic rings. The van der Waals surface area contributed by atoms with Gasteiger partial charge in [-0.15, -0.1) is 0 Å². The van der Waals surface area contributed by atoms with Crippen LogP contribution in [0.15, 0.2) is 182 Å². The third kappa shape index (κ3) is 4.19. The quantitative estimate of drug-likeness (QED) is 0.173. The van der Waals surface area contributed by atoms with Crippen molar-refractivity contribution in [3.8, 4) is 22.9 Å². The van der Waals surface area contributed by atoms with Gasteiger partial charge in [-0.2, -0.15) is 0 Å². The second kappa shape index (κ2) is 11.1. The molecule has 0 bridgehead atoms. The molecule has 3 aromatic heterocycles. The third-order valence-electron chi connectivity index (χ3n) is 11.3. The Morgan fingerprint density at radius 1 is 0.315 bits per heavy atom. The Kier molecular flexibility index (Phi) is 6.02. The van der Waals surface area contributed by atoms with Crippen LogP contribution in [0.25, 0.3) is 110 Å². The standard InChI is InChI=1S/C50H30N4/c1-2-12-37-31(11-1)21-22-33-27-34(24-26-38(33)37)49-42-16-3-7-17-44(42)51-50(52-49)54-47-20-10-6-15-41(47)43-29-35-28-36(25-23-32(35)30-48(43)54)53-45-18-8-4-13-39(45)40-14-5-9-19-46(40)53/h1-30H. The molecule has 0 saturated carbocycles. The lowest BCUT2D eigenvalue weighted by Crippen LogP contribution is -2.03. The molecule has 12 aromatic rings. The van der Waals surface area contributed by atoms with Crippen LogP contribution in [-0.4, -0.2) is 19.1 Å². The minimum Gasteiger partial charge on any atom is -0.309 e. The highest BCUT2D eigenvalue weighted by Crippen LogP contribution is 2.38. The van der Waals surface area contributed by atoms with Gasteiger partial charge in [-0.05, 0) is 86.9 Å². The number of nitrogens with zero attached hydrogens (tertiary/aromatic N) is 4. The zero-order valence-corrected chi connectivity index (χ0v) is 29.1. The molecule has 0 fully saturated rings. The summed E-state index contributed by atoms with van der Waals surface area (Å²) in [6.45, 7) is 0. The van der Waals surface area contributed by atoms with Crippen molar-refractivity contribution in [2.24, 2.45) is 0 Å².